The van der Waals surface area contributed by atoms with E-state index in [2.05, 4.69) is 44.6 Å². The van der Waals surface area contributed by atoms with Gasteiger partial charge in [0.25, 0.3) is 0 Å². The van der Waals surface area contributed by atoms with Crippen molar-refractivity contribution in [3.8, 4) is 0 Å². The standard InChI is InChI=1S/C22H23F2N7/c1-12-8-30(9-13(2)26-12)17-4-15-7-25-29-21(20(15)18(23)6-17)28-16-5-19(24)22-27-14(3)10-31(22)11-16/h4-7,10-13,26H,8-9H2,1-3H3,(H,28,29)/t12-,13-/m0/s1. The summed E-state index contributed by atoms with van der Waals surface area (Å²) in [5.41, 5.74) is 2.18. The molecule has 9 heteroatoms. The van der Waals surface area contributed by atoms with Gasteiger partial charge in [0.2, 0.25) is 0 Å². The number of benzene rings is 1. The van der Waals surface area contributed by atoms with Gasteiger partial charge in [0.05, 0.1) is 23.0 Å². The first-order valence-electron chi connectivity index (χ1n) is 10.2. The van der Waals surface area contributed by atoms with Crippen LogP contribution in [-0.4, -0.2) is 44.8 Å². The lowest BCUT2D eigenvalue weighted by molar-refractivity contribution is 0.407. The summed E-state index contributed by atoms with van der Waals surface area (Å²) < 4.78 is 31.3. The number of aryl methyl sites for hydroxylation is 1. The van der Waals surface area contributed by atoms with E-state index in [0.29, 0.717) is 34.2 Å². The smallest absolute Gasteiger partial charge is 0.173 e. The molecule has 5 rings (SSSR count). The minimum atomic E-state index is -0.476. The third kappa shape index (κ3) is 3.65. The average molecular weight is 423 g/mol. The minimum absolute atomic E-state index is 0.235. The van der Waals surface area contributed by atoms with Gasteiger partial charge in [0, 0.05) is 54.7 Å². The van der Waals surface area contributed by atoms with Gasteiger partial charge in [-0.1, -0.05) is 0 Å². The summed E-state index contributed by atoms with van der Waals surface area (Å²) in [7, 11) is 0. The van der Waals surface area contributed by atoms with E-state index < -0.39 is 11.6 Å². The molecule has 160 valence electrons. The van der Waals surface area contributed by atoms with Crippen LogP contribution in [0.5, 0.6) is 0 Å². The molecule has 0 unspecified atom stereocenters. The van der Waals surface area contributed by atoms with Crippen LogP contribution in [0.4, 0.5) is 26.0 Å². The van der Waals surface area contributed by atoms with Crippen molar-refractivity contribution in [1.29, 1.82) is 0 Å². The number of anilines is 3. The Balaban J connectivity index is 1.53. The molecule has 7 nitrogen and oxygen atoms in total. The van der Waals surface area contributed by atoms with E-state index in [1.807, 2.05) is 6.07 Å². The quantitative estimate of drug-likeness (QED) is 0.523. The highest BCUT2D eigenvalue weighted by molar-refractivity contribution is 5.95. The largest absolute Gasteiger partial charge is 0.368 e. The first-order valence-corrected chi connectivity index (χ1v) is 10.2. The molecular weight excluding hydrogens is 400 g/mol. The Bertz CT molecular complexity index is 1280. The lowest BCUT2D eigenvalue weighted by Crippen LogP contribution is -2.54. The molecule has 1 fully saturated rings. The van der Waals surface area contributed by atoms with E-state index in [1.165, 1.54) is 12.1 Å². The summed E-state index contributed by atoms with van der Waals surface area (Å²) in [5.74, 6) is -0.640. The molecule has 0 saturated carbocycles. The fourth-order valence-corrected chi connectivity index (χ4v) is 4.36. The Hall–Kier alpha value is -3.33. The molecule has 2 N–H and O–H groups in total. The molecule has 0 spiro atoms. The second kappa shape index (κ2) is 7.42. The van der Waals surface area contributed by atoms with E-state index in [4.69, 9.17) is 0 Å². The highest BCUT2D eigenvalue weighted by Gasteiger charge is 2.23. The van der Waals surface area contributed by atoms with Crippen LogP contribution >= 0.6 is 0 Å². The zero-order valence-corrected chi connectivity index (χ0v) is 17.5. The van der Waals surface area contributed by atoms with Gasteiger partial charge in [-0.3, -0.25) is 0 Å². The number of nitrogens with zero attached hydrogens (tertiary/aromatic N) is 5. The van der Waals surface area contributed by atoms with E-state index in [0.717, 1.165) is 18.8 Å². The Kier molecular flexibility index (Phi) is 4.70. The average Bonchev–Trinajstić information content (AvgIpc) is 3.08. The van der Waals surface area contributed by atoms with E-state index >= 15 is 4.39 Å². The number of hydrogen-bond acceptors (Lipinski definition) is 6. The van der Waals surface area contributed by atoms with E-state index in [-0.39, 0.29) is 11.5 Å². The van der Waals surface area contributed by atoms with Crippen molar-refractivity contribution in [2.24, 2.45) is 0 Å². The highest BCUT2D eigenvalue weighted by atomic mass is 19.1. The Labute approximate surface area is 178 Å². The zero-order valence-electron chi connectivity index (χ0n) is 17.5. The highest BCUT2D eigenvalue weighted by Crippen LogP contribution is 2.31. The van der Waals surface area contributed by atoms with Crippen molar-refractivity contribution in [3.63, 3.8) is 0 Å². The van der Waals surface area contributed by atoms with Crippen LogP contribution in [0, 0.1) is 18.6 Å². The van der Waals surface area contributed by atoms with Crippen LogP contribution in [0.25, 0.3) is 16.4 Å². The molecule has 0 amide bonds. The van der Waals surface area contributed by atoms with Gasteiger partial charge in [-0.2, -0.15) is 5.10 Å². The van der Waals surface area contributed by atoms with Crippen LogP contribution < -0.4 is 15.5 Å². The normalized spacial score (nSPS) is 19.3. The maximum absolute atomic E-state index is 15.3. The summed E-state index contributed by atoms with van der Waals surface area (Å²) >= 11 is 0. The lowest BCUT2D eigenvalue weighted by atomic mass is 10.1. The Morgan fingerprint density at radius 1 is 1.06 bits per heavy atom. The van der Waals surface area contributed by atoms with Gasteiger partial charge in [-0.25, -0.2) is 13.8 Å². The molecule has 3 aromatic heterocycles. The predicted octanol–water partition coefficient (Wildman–Crippen LogP) is 3.79. The van der Waals surface area contributed by atoms with Gasteiger partial charge in [0.15, 0.2) is 17.3 Å². The molecule has 0 radical (unpaired) electrons. The number of nitrogens with one attached hydrogen (secondary N) is 2. The predicted molar refractivity (Wildman–Crippen MR) is 117 cm³/mol. The summed E-state index contributed by atoms with van der Waals surface area (Å²) in [4.78, 5) is 6.33. The molecule has 0 aliphatic carbocycles. The third-order valence-electron chi connectivity index (χ3n) is 5.51. The molecule has 1 aliphatic heterocycles. The molecule has 0 bridgehead atoms. The molecule has 1 saturated heterocycles. The maximum atomic E-state index is 15.3. The lowest BCUT2D eigenvalue weighted by Gasteiger charge is -2.37. The first kappa shape index (κ1) is 19.6. The number of fused-ring (bicyclic) bond motifs is 2. The number of pyridine rings is 1. The van der Waals surface area contributed by atoms with Crippen LogP contribution in [-0.2, 0) is 0 Å². The second-order valence-electron chi connectivity index (χ2n) is 8.27. The number of rotatable bonds is 3. The van der Waals surface area contributed by atoms with Crippen molar-refractivity contribution < 1.29 is 8.78 Å². The summed E-state index contributed by atoms with van der Waals surface area (Å²) in [6, 6.07) is 5.39. The van der Waals surface area contributed by atoms with E-state index in [1.54, 1.807) is 29.9 Å². The van der Waals surface area contributed by atoms with Crippen LogP contribution in [0.3, 0.4) is 0 Å². The number of imidazole rings is 1. The molecular formula is C22H23F2N7. The van der Waals surface area contributed by atoms with Gasteiger partial charge in [0.1, 0.15) is 5.82 Å². The topological polar surface area (TPSA) is 70.4 Å². The number of halogens is 2. The molecule has 2 atom stereocenters. The maximum Gasteiger partial charge on any atom is 0.173 e. The number of aromatic nitrogens is 4. The monoisotopic (exact) mass is 423 g/mol. The first-order chi connectivity index (χ1) is 14.9. The van der Waals surface area contributed by atoms with Gasteiger partial charge < -0.3 is 19.9 Å². The second-order valence-corrected chi connectivity index (χ2v) is 8.27. The van der Waals surface area contributed by atoms with Gasteiger partial charge in [-0.15, -0.1) is 5.10 Å². The van der Waals surface area contributed by atoms with Crippen molar-refractivity contribution in [3.05, 3.63) is 54.1 Å². The fourth-order valence-electron chi connectivity index (χ4n) is 4.36. The molecule has 4 heterocycles. The van der Waals surface area contributed by atoms with Crippen LogP contribution in [0.1, 0.15) is 19.5 Å². The number of hydrogen-bond donors (Lipinski definition) is 2. The third-order valence-corrected chi connectivity index (χ3v) is 5.51. The molecule has 1 aromatic carbocycles. The summed E-state index contributed by atoms with van der Waals surface area (Å²) in [5, 5.41) is 15.6. The molecule has 1 aliphatic rings. The Morgan fingerprint density at radius 2 is 1.84 bits per heavy atom. The fraction of sp³-hybridized carbons (Fsp3) is 0.318. The van der Waals surface area contributed by atoms with Crippen molar-refractivity contribution >= 4 is 33.6 Å². The van der Waals surface area contributed by atoms with Gasteiger partial charge >= 0.3 is 0 Å². The van der Waals surface area contributed by atoms with E-state index in [9.17, 15) is 4.39 Å². The van der Waals surface area contributed by atoms with Crippen LogP contribution in [0.2, 0.25) is 0 Å². The van der Waals surface area contributed by atoms with Gasteiger partial charge in [-0.05, 0) is 32.9 Å². The SMILES string of the molecule is Cc1cn2cc(Nc3nncc4cc(N5C[C@H](C)N[C@@H](C)C5)cc(F)c34)cc(F)c2n1. The number of piperazine rings is 1. The van der Waals surface area contributed by atoms with Crippen molar-refractivity contribution in [2.75, 3.05) is 23.3 Å². The summed E-state index contributed by atoms with van der Waals surface area (Å²) in [6.07, 6.45) is 4.96. The molecule has 31 heavy (non-hydrogen) atoms. The summed E-state index contributed by atoms with van der Waals surface area (Å²) in [6.45, 7) is 7.62. The van der Waals surface area contributed by atoms with Crippen molar-refractivity contribution in [1.82, 2.24) is 24.9 Å². The zero-order chi connectivity index (χ0) is 21.7. The Morgan fingerprint density at radius 3 is 2.61 bits per heavy atom. The minimum Gasteiger partial charge on any atom is -0.368 e. The molecule has 4 aromatic rings. The van der Waals surface area contributed by atoms with Crippen molar-refractivity contribution in [2.45, 2.75) is 32.9 Å². The van der Waals surface area contributed by atoms with Crippen LogP contribution in [0.15, 0.2) is 36.8 Å².